The molecule has 5 heteroatoms. The summed E-state index contributed by atoms with van der Waals surface area (Å²) >= 11 is 1.71. The quantitative estimate of drug-likeness (QED) is 0.638. The van der Waals surface area contributed by atoms with Crippen molar-refractivity contribution in [1.82, 2.24) is 10.1 Å². The third-order valence-corrected chi connectivity index (χ3v) is 4.63. The molecule has 0 amide bonds. The minimum atomic E-state index is 0.584. The van der Waals surface area contributed by atoms with Gasteiger partial charge in [-0.25, -0.2) is 0 Å². The highest BCUT2D eigenvalue weighted by Gasteiger charge is 2.10. The molecule has 0 spiro atoms. The second-order valence-corrected chi connectivity index (χ2v) is 6.32. The van der Waals surface area contributed by atoms with Crippen molar-refractivity contribution in [2.75, 3.05) is 7.11 Å². The summed E-state index contributed by atoms with van der Waals surface area (Å²) < 4.78 is 10.6. The first-order valence-corrected chi connectivity index (χ1v) is 8.31. The van der Waals surface area contributed by atoms with Crippen molar-refractivity contribution in [3.8, 4) is 17.1 Å². The predicted molar refractivity (Wildman–Crippen MR) is 91.8 cm³/mol. The van der Waals surface area contributed by atoms with Crippen LogP contribution in [0.4, 0.5) is 0 Å². The monoisotopic (exact) mass is 326 g/mol. The van der Waals surface area contributed by atoms with Crippen molar-refractivity contribution in [3.05, 3.63) is 59.5 Å². The molecule has 0 N–H and O–H groups in total. The third-order valence-electron chi connectivity index (χ3n) is 3.49. The molecule has 0 aliphatic carbocycles. The Labute approximate surface area is 139 Å². The van der Waals surface area contributed by atoms with E-state index in [1.54, 1.807) is 18.9 Å². The number of benzene rings is 2. The third kappa shape index (κ3) is 3.74. The Morgan fingerprint density at radius 1 is 1.13 bits per heavy atom. The first-order valence-electron chi connectivity index (χ1n) is 7.33. The van der Waals surface area contributed by atoms with Crippen molar-refractivity contribution in [2.24, 2.45) is 0 Å². The first-order chi connectivity index (χ1) is 11.2. The maximum absolute atomic E-state index is 5.36. The Bertz CT molecular complexity index is 814. The average molecular weight is 326 g/mol. The Balaban J connectivity index is 1.73. The number of thioether (sulfide) groups is 1. The fourth-order valence-corrected chi connectivity index (χ4v) is 3.16. The van der Waals surface area contributed by atoms with Gasteiger partial charge in [0.25, 0.3) is 0 Å². The fourth-order valence-electron chi connectivity index (χ4n) is 2.20. The maximum atomic E-state index is 5.36. The number of rotatable bonds is 5. The number of ether oxygens (including phenoxy) is 1. The molecule has 4 nitrogen and oxygen atoms in total. The molecule has 118 valence electrons. The highest BCUT2D eigenvalue weighted by Crippen LogP contribution is 2.27. The van der Waals surface area contributed by atoms with Gasteiger partial charge in [0.2, 0.25) is 11.7 Å². The van der Waals surface area contributed by atoms with Gasteiger partial charge >= 0.3 is 0 Å². The molecular weight excluding hydrogens is 308 g/mol. The van der Waals surface area contributed by atoms with Crippen LogP contribution < -0.4 is 4.74 Å². The molecule has 3 aromatic rings. The number of hydrogen-bond acceptors (Lipinski definition) is 5. The highest BCUT2D eigenvalue weighted by atomic mass is 32.2. The highest BCUT2D eigenvalue weighted by molar-refractivity contribution is 7.98. The van der Waals surface area contributed by atoms with Gasteiger partial charge in [-0.3, -0.25) is 0 Å². The summed E-state index contributed by atoms with van der Waals surface area (Å²) in [5, 5.41) is 4.06. The largest absolute Gasteiger partial charge is 0.497 e. The van der Waals surface area contributed by atoms with E-state index in [4.69, 9.17) is 9.26 Å². The van der Waals surface area contributed by atoms with Crippen LogP contribution in [0.3, 0.4) is 0 Å². The molecule has 3 rings (SSSR count). The fraction of sp³-hybridized carbons (Fsp3) is 0.222. The SMILES string of the molecule is COc1cccc(-c2noc(CSc3cc(C)ccc3C)n2)c1. The van der Waals surface area contributed by atoms with E-state index in [0.717, 1.165) is 11.3 Å². The van der Waals surface area contributed by atoms with Crippen LogP contribution in [0.2, 0.25) is 0 Å². The van der Waals surface area contributed by atoms with Gasteiger partial charge in [-0.2, -0.15) is 4.98 Å². The number of aryl methyl sites for hydroxylation is 2. The molecular formula is C18H18N2O2S. The zero-order chi connectivity index (χ0) is 16.2. The summed E-state index contributed by atoms with van der Waals surface area (Å²) in [6.07, 6.45) is 0. The van der Waals surface area contributed by atoms with Crippen molar-refractivity contribution >= 4 is 11.8 Å². The van der Waals surface area contributed by atoms with Crippen LogP contribution in [0.15, 0.2) is 51.9 Å². The lowest BCUT2D eigenvalue weighted by atomic mass is 10.2. The molecule has 0 saturated heterocycles. The van der Waals surface area contributed by atoms with Gasteiger partial charge in [-0.05, 0) is 37.6 Å². The summed E-state index contributed by atoms with van der Waals surface area (Å²) in [6, 6.07) is 14.1. The number of methoxy groups -OCH3 is 1. The molecule has 0 fully saturated rings. The van der Waals surface area contributed by atoms with Gasteiger partial charge in [0.15, 0.2) is 0 Å². The Morgan fingerprint density at radius 2 is 2.00 bits per heavy atom. The Hall–Kier alpha value is -2.27. The van der Waals surface area contributed by atoms with E-state index in [9.17, 15) is 0 Å². The second-order valence-electron chi connectivity index (χ2n) is 5.30. The van der Waals surface area contributed by atoms with Gasteiger partial charge in [0, 0.05) is 10.5 Å². The van der Waals surface area contributed by atoms with Crippen molar-refractivity contribution in [1.29, 1.82) is 0 Å². The van der Waals surface area contributed by atoms with Crippen molar-refractivity contribution in [2.45, 2.75) is 24.5 Å². The Kier molecular flexibility index (Phi) is 4.67. The van der Waals surface area contributed by atoms with E-state index in [0.29, 0.717) is 17.5 Å². The minimum absolute atomic E-state index is 0.584. The molecule has 0 saturated carbocycles. The van der Waals surface area contributed by atoms with Gasteiger partial charge in [0.05, 0.1) is 12.9 Å². The topological polar surface area (TPSA) is 48.2 Å². The summed E-state index contributed by atoms with van der Waals surface area (Å²) in [5.74, 6) is 2.63. The van der Waals surface area contributed by atoms with Crippen LogP contribution in [0.25, 0.3) is 11.4 Å². The molecule has 0 aliphatic rings. The van der Waals surface area contributed by atoms with Gasteiger partial charge < -0.3 is 9.26 Å². The van der Waals surface area contributed by atoms with Crippen LogP contribution in [0.1, 0.15) is 17.0 Å². The number of aromatic nitrogens is 2. The zero-order valence-corrected chi connectivity index (χ0v) is 14.2. The van der Waals surface area contributed by atoms with Gasteiger partial charge in [-0.15, -0.1) is 11.8 Å². The second kappa shape index (κ2) is 6.87. The zero-order valence-electron chi connectivity index (χ0n) is 13.4. The molecule has 0 bridgehead atoms. The van der Waals surface area contributed by atoms with Crippen LogP contribution >= 0.6 is 11.8 Å². The first kappa shape index (κ1) is 15.6. The smallest absolute Gasteiger partial charge is 0.237 e. The summed E-state index contributed by atoms with van der Waals surface area (Å²) in [6.45, 7) is 4.20. The van der Waals surface area contributed by atoms with E-state index in [2.05, 4.69) is 42.2 Å². The molecule has 0 unspecified atom stereocenters. The van der Waals surface area contributed by atoms with E-state index >= 15 is 0 Å². The molecule has 1 heterocycles. The summed E-state index contributed by atoms with van der Waals surface area (Å²) in [7, 11) is 1.64. The van der Waals surface area contributed by atoms with Crippen LogP contribution in [0.5, 0.6) is 5.75 Å². The van der Waals surface area contributed by atoms with Crippen LogP contribution in [0, 0.1) is 13.8 Å². The predicted octanol–water partition coefficient (Wildman–Crippen LogP) is 4.65. The number of nitrogens with zero attached hydrogens (tertiary/aromatic N) is 2. The average Bonchev–Trinajstić information content (AvgIpc) is 3.05. The molecule has 23 heavy (non-hydrogen) atoms. The Morgan fingerprint density at radius 3 is 2.83 bits per heavy atom. The summed E-state index contributed by atoms with van der Waals surface area (Å²) in [5.41, 5.74) is 3.39. The molecule has 0 radical (unpaired) electrons. The lowest BCUT2D eigenvalue weighted by molar-refractivity contribution is 0.391. The molecule has 0 aliphatic heterocycles. The summed E-state index contributed by atoms with van der Waals surface area (Å²) in [4.78, 5) is 5.71. The van der Waals surface area contributed by atoms with Gasteiger partial charge in [0.1, 0.15) is 5.75 Å². The number of hydrogen-bond donors (Lipinski definition) is 0. The van der Waals surface area contributed by atoms with E-state index in [-0.39, 0.29) is 0 Å². The van der Waals surface area contributed by atoms with Gasteiger partial charge in [-0.1, -0.05) is 35.0 Å². The van der Waals surface area contributed by atoms with Crippen molar-refractivity contribution in [3.63, 3.8) is 0 Å². The standard InChI is InChI=1S/C18H18N2O2S/c1-12-7-8-13(2)16(9-12)23-11-17-19-18(20-22-17)14-5-4-6-15(10-14)21-3/h4-10H,11H2,1-3H3. The molecule has 1 aromatic heterocycles. The maximum Gasteiger partial charge on any atom is 0.237 e. The van der Waals surface area contributed by atoms with E-state index < -0.39 is 0 Å². The van der Waals surface area contributed by atoms with Crippen LogP contribution in [-0.4, -0.2) is 17.3 Å². The molecule has 0 atom stereocenters. The van der Waals surface area contributed by atoms with Crippen LogP contribution in [-0.2, 0) is 5.75 Å². The van der Waals surface area contributed by atoms with E-state index in [1.807, 2.05) is 24.3 Å². The minimum Gasteiger partial charge on any atom is -0.497 e. The lowest BCUT2D eigenvalue weighted by Gasteiger charge is -2.04. The molecule has 2 aromatic carbocycles. The lowest BCUT2D eigenvalue weighted by Crippen LogP contribution is -1.86. The van der Waals surface area contributed by atoms with E-state index in [1.165, 1.54) is 16.0 Å². The normalized spacial score (nSPS) is 10.7. The van der Waals surface area contributed by atoms with Crippen molar-refractivity contribution < 1.29 is 9.26 Å².